The van der Waals surface area contributed by atoms with Gasteiger partial charge in [0.1, 0.15) is 4.90 Å². The minimum atomic E-state index is -3.89. The van der Waals surface area contributed by atoms with Gasteiger partial charge in [-0.15, -0.1) is 0 Å². The topological polar surface area (TPSA) is 69.0 Å². The fourth-order valence-corrected chi connectivity index (χ4v) is 3.78. The monoisotopic (exact) mass is 346 g/mol. The van der Waals surface area contributed by atoms with Gasteiger partial charge in [-0.3, -0.25) is 9.78 Å². The third-order valence-corrected chi connectivity index (χ3v) is 5.27. The normalized spacial score (nSPS) is 11.3. The lowest BCUT2D eigenvalue weighted by molar-refractivity contribution is 0.112. The van der Waals surface area contributed by atoms with Gasteiger partial charge in [-0.05, 0) is 24.3 Å². The summed E-state index contributed by atoms with van der Waals surface area (Å²) in [6.07, 6.45) is 4.61. The standard InChI is InChI=1S/C16H11ClN2O3S/c17-15-6-2-1-5-14(15)16-8-12(11-20)10-19(16)23(21,22)13-4-3-7-18-9-13/h1-11H. The summed E-state index contributed by atoms with van der Waals surface area (Å²) in [7, 11) is -3.89. The van der Waals surface area contributed by atoms with Crippen molar-refractivity contribution in [3.8, 4) is 11.3 Å². The van der Waals surface area contributed by atoms with Gasteiger partial charge in [0.05, 0.1) is 5.69 Å². The molecule has 3 aromatic rings. The minimum absolute atomic E-state index is 0.0290. The van der Waals surface area contributed by atoms with Gasteiger partial charge in [0.25, 0.3) is 10.0 Å². The molecule has 2 aromatic heterocycles. The molecule has 0 aliphatic heterocycles. The highest BCUT2D eigenvalue weighted by Gasteiger charge is 2.22. The van der Waals surface area contributed by atoms with Crippen LogP contribution in [0, 0.1) is 0 Å². The molecule has 3 rings (SSSR count). The summed E-state index contributed by atoms with van der Waals surface area (Å²) in [6, 6.07) is 11.3. The van der Waals surface area contributed by atoms with Crippen LogP contribution in [0.5, 0.6) is 0 Å². The van der Waals surface area contributed by atoms with Crippen LogP contribution in [0.15, 0.2) is 66.0 Å². The summed E-state index contributed by atoms with van der Waals surface area (Å²) in [5, 5.41) is 0.394. The molecule has 0 saturated carbocycles. The average Bonchev–Trinajstić information content (AvgIpc) is 3.01. The summed E-state index contributed by atoms with van der Waals surface area (Å²) >= 11 is 6.17. The molecule has 0 unspecified atom stereocenters. The molecule has 0 amide bonds. The minimum Gasteiger partial charge on any atom is -0.298 e. The zero-order chi connectivity index (χ0) is 16.4. The highest BCUT2D eigenvalue weighted by molar-refractivity contribution is 7.90. The number of aromatic nitrogens is 2. The summed E-state index contributed by atoms with van der Waals surface area (Å²) in [5.74, 6) is 0. The first-order valence-electron chi connectivity index (χ1n) is 6.62. The number of nitrogens with zero attached hydrogens (tertiary/aromatic N) is 2. The molecule has 0 saturated heterocycles. The van der Waals surface area contributed by atoms with Crippen molar-refractivity contribution in [1.82, 2.24) is 8.96 Å². The summed E-state index contributed by atoms with van der Waals surface area (Å²) in [4.78, 5) is 15.0. The largest absolute Gasteiger partial charge is 0.298 e. The fraction of sp³-hybridized carbons (Fsp3) is 0. The summed E-state index contributed by atoms with van der Waals surface area (Å²) in [5.41, 5.74) is 1.09. The molecule has 0 aliphatic rings. The Kier molecular flexibility index (Phi) is 4.02. The van der Waals surface area contributed by atoms with Gasteiger partial charge in [-0.2, -0.15) is 0 Å². The SMILES string of the molecule is O=Cc1cc(-c2ccccc2Cl)n(S(=O)(=O)c2cccnc2)c1. The molecule has 116 valence electrons. The van der Waals surface area contributed by atoms with Crippen LogP contribution in [0.25, 0.3) is 11.3 Å². The van der Waals surface area contributed by atoms with E-state index in [0.717, 1.165) is 3.97 Å². The number of carbonyl (C=O) groups excluding carboxylic acids is 1. The van der Waals surface area contributed by atoms with E-state index in [0.29, 0.717) is 22.6 Å². The number of hydrogen-bond acceptors (Lipinski definition) is 4. The quantitative estimate of drug-likeness (QED) is 0.680. The first-order chi connectivity index (χ1) is 11.0. The van der Waals surface area contributed by atoms with E-state index in [2.05, 4.69) is 4.98 Å². The Morgan fingerprint density at radius 2 is 1.91 bits per heavy atom. The lowest BCUT2D eigenvalue weighted by Crippen LogP contribution is -2.13. The van der Waals surface area contributed by atoms with E-state index < -0.39 is 10.0 Å². The molecule has 0 spiro atoms. The Labute approximate surface area is 138 Å². The highest BCUT2D eigenvalue weighted by Crippen LogP contribution is 2.31. The van der Waals surface area contributed by atoms with E-state index in [1.54, 1.807) is 24.3 Å². The Bertz CT molecular complexity index is 966. The zero-order valence-electron chi connectivity index (χ0n) is 11.8. The number of carbonyl (C=O) groups is 1. The van der Waals surface area contributed by atoms with Gasteiger partial charge < -0.3 is 0 Å². The van der Waals surface area contributed by atoms with Gasteiger partial charge >= 0.3 is 0 Å². The van der Waals surface area contributed by atoms with Crippen molar-refractivity contribution in [1.29, 1.82) is 0 Å². The molecule has 0 N–H and O–H groups in total. The van der Waals surface area contributed by atoms with Crippen molar-refractivity contribution in [3.05, 3.63) is 71.6 Å². The molecule has 23 heavy (non-hydrogen) atoms. The van der Waals surface area contributed by atoms with E-state index >= 15 is 0 Å². The van der Waals surface area contributed by atoms with Crippen LogP contribution >= 0.6 is 11.6 Å². The summed E-state index contributed by atoms with van der Waals surface area (Å²) in [6.45, 7) is 0. The number of aldehydes is 1. The molecule has 7 heteroatoms. The van der Waals surface area contributed by atoms with E-state index in [1.165, 1.54) is 36.8 Å². The fourth-order valence-electron chi connectivity index (χ4n) is 2.21. The Morgan fingerprint density at radius 3 is 2.57 bits per heavy atom. The molecule has 0 fully saturated rings. The lowest BCUT2D eigenvalue weighted by atomic mass is 10.1. The van der Waals surface area contributed by atoms with Crippen molar-refractivity contribution >= 4 is 27.9 Å². The number of halogens is 1. The second-order valence-electron chi connectivity index (χ2n) is 4.75. The van der Waals surface area contributed by atoms with Crippen LogP contribution < -0.4 is 0 Å². The van der Waals surface area contributed by atoms with Crippen molar-refractivity contribution < 1.29 is 13.2 Å². The molecule has 0 atom stereocenters. The molecular weight excluding hydrogens is 336 g/mol. The molecule has 2 heterocycles. The van der Waals surface area contributed by atoms with E-state index in [4.69, 9.17) is 11.6 Å². The van der Waals surface area contributed by atoms with E-state index in [-0.39, 0.29) is 10.5 Å². The maximum Gasteiger partial charge on any atom is 0.269 e. The molecular formula is C16H11ClN2O3S. The molecule has 0 radical (unpaired) electrons. The first kappa shape index (κ1) is 15.5. The van der Waals surface area contributed by atoms with Crippen LogP contribution in [-0.2, 0) is 10.0 Å². The summed E-state index contributed by atoms with van der Waals surface area (Å²) < 4.78 is 26.7. The smallest absolute Gasteiger partial charge is 0.269 e. The van der Waals surface area contributed by atoms with Crippen molar-refractivity contribution in [2.24, 2.45) is 0 Å². The Morgan fingerprint density at radius 1 is 1.13 bits per heavy atom. The zero-order valence-corrected chi connectivity index (χ0v) is 13.3. The van der Waals surface area contributed by atoms with E-state index in [9.17, 15) is 13.2 Å². The molecule has 0 aliphatic carbocycles. The molecule has 5 nitrogen and oxygen atoms in total. The van der Waals surface area contributed by atoms with Gasteiger partial charge in [0.2, 0.25) is 0 Å². The van der Waals surface area contributed by atoms with Gasteiger partial charge in [-0.1, -0.05) is 29.8 Å². The van der Waals surface area contributed by atoms with Gasteiger partial charge in [-0.25, -0.2) is 12.4 Å². The third kappa shape index (κ3) is 2.78. The average molecular weight is 347 g/mol. The highest BCUT2D eigenvalue weighted by atomic mass is 35.5. The second-order valence-corrected chi connectivity index (χ2v) is 6.97. The number of pyridine rings is 1. The third-order valence-electron chi connectivity index (χ3n) is 3.28. The van der Waals surface area contributed by atoms with Gasteiger partial charge in [0.15, 0.2) is 6.29 Å². The maximum absolute atomic E-state index is 12.8. The molecule has 0 bridgehead atoms. The lowest BCUT2D eigenvalue weighted by Gasteiger charge is -2.11. The number of hydrogen-bond donors (Lipinski definition) is 0. The predicted molar refractivity (Wildman–Crippen MR) is 87.1 cm³/mol. The number of benzene rings is 1. The van der Waals surface area contributed by atoms with Crippen LogP contribution in [0.3, 0.4) is 0 Å². The molecule has 1 aromatic carbocycles. The van der Waals surface area contributed by atoms with Crippen molar-refractivity contribution in [3.63, 3.8) is 0 Å². The Balaban J connectivity index is 2.27. The van der Waals surface area contributed by atoms with Crippen LogP contribution in [0.4, 0.5) is 0 Å². The van der Waals surface area contributed by atoms with Crippen LogP contribution in [0.2, 0.25) is 5.02 Å². The first-order valence-corrected chi connectivity index (χ1v) is 8.44. The Hall–Kier alpha value is -2.44. The number of rotatable bonds is 4. The van der Waals surface area contributed by atoms with Crippen LogP contribution in [0.1, 0.15) is 10.4 Å². The van der Waals surface area contributed by atoms with Gasteiger partial charge in [0, 0.05) is 34.7 Å². The second kappa shape index (κ2) is 5.98. The van der Waals surface area contributed by atoms with Crippen molar-refractivity contribution in [2.75, 3.05) is 0 Å². The van der Waals surface area contributed by atoms with E-state index in [1.807, 2.05) is 0 Å². The van der Waals surface area contributed by atoms with Crippen LogP contribution in [-0.4, -0.2) is 23.7 Å². The predicted octanol–water partition coefficient (Wildman–Crippen LogP) is 3.25. The maximum atomic E-state index is 12.8. The van der Waals surface area contributed by atoms with Crippen molar-refractivity contribution in [2.45, 2.75) is 4.90 Å².